The van der Waals surface area contributed by atoms with Gasteiger partial charge in [-0.3, -0.25) is 0 Å². The molecule has 2 heterocycles. The Bertz CT molecular complexity index is 1120. The number of aryl methyl sites for hydroxylation is 1. The van der Waals surface area contributed by atoms with Gasteiger partial charge in [0.05, 0.1) is 7.11 Å². The molecule has 0 bridgehead atoms. The highest BCUT2D eigenvalue weighted by molar-refractivity contribution is 8.00. The molecule has 1 fully saturated rings. The normalized spacial score (nSPS) is 21.1. The summed E-state index contributed by atoms with van der Waals surface area (Å²) in [4.78, 5) is 4.76. The van der Waals surface area contributed by atoms with Gasteiger partial charge in [0.2, 0.25) is 0 Å². The van der Waals surface area contributed by atoms with Crippen molar-refractivity contribution in [1.29, 1.82) is 0 Å². The molecule has 7 heteroatoms. The molecule has 0 aromatic heterocycles. The van der Waals surface area contributed by atoms with Crippen molar-refractivity contribution >= 4 is 26.5 Å². The summed E-state index contributed by atoms with van der Waals surface area (Å²) in [5, 5.41) is 0. The Labute approximate surface area is 178 Å². The maximum atomic E-state index is 12.9. The molecule has 2 aromatic rings. The van der Waals surface area contributed by atoms with E-state index in [1.165, 1.54) is 11.3 Å². The van der Waals surface area contributed by atoms with Crippen LogP contribution in [0, 0.1) is 6.92 Å². The molecule has 30 heavy (non-hydrogen) atoms. The topological polar surface area (TPSA) is 62.2 Å². The van der Waals surface area contributed by atoms with Gasteiger partial charge in [0.15, 0.2) is 0 Å². The van der Waals surface area contributed by atoms with Gasteiger partial charge in [-0.05, 0) is 68.3 Å². The summed E-state index contributed by atoms with van der Waals surface area (Å²) < 4.78 is 35.1. The van der Waals surface area contributed by atoms with Crippen LogP contribution in [0.3, 0.4) is 0 Å². The first-order valence-electron chi connectivity index (χ1n) is 10.1. The number of methoxy groups -OCH3 is 1. The molecule has 0 N–H and O–H groups in total. The molecule has 0 saturated carbocycles. The summed E-state index contributed by atoms with van der Waals surface area (Å²) in [6, 6.07) is 15.8. The summed E-state index contributed by atoms with van der Waals surface area (Å²) in [5.74, 6) is 1.26. The van der Waals surface area contributed by atoms with Crippen molar-refractivity contribution in [2.45, 2.75) is 26.8 Å². The van der Waals surface area contributed by atoms with Gasteiger partial charge >= 0.3 is 0 Å². The summed E-state index contributed by atoms with van der Waals surface area (Å²) in [5.41, 5.74) is 3.78. The average molecular weight is 426 g/mol. The van der Waals surface area contributed by atoms with Gasteiger partial charge < -0.3 is 14.5 Å². The zero-order chi connectivity index (χ0) is 21.5. The highest BCUT2D eigenvalue weighted by Gasteiger charge is 2.36. The van der Waals surface area contributed by atoms with E-state index in [0.717, 1.165) is 19.6 Å². The number of sulfonamides is 1. The molecule has 2 aromatic carbocycles. The molecule has 158 valence electrons. The third kappa shape index (κ3) is 3.69. The Morgan fingerprint density at radius 1 is 1.07 bits per heavy atom. The van der Waals surface area contributed by atoms with Crippen LogP contribution in [0.2, 0.25) is 0 Å². The monoisotopic (exact) mass is 425 g/mol. The fraction of sp³-hybridized carbons (Fsp3) is 0.348. The van der Waals surface area contributed by atoms with Gasteiger partial charge in [0, 0.05) is 36.9 Å². The van der Waals surface area contributed by atoms with Crippen LogP contribution in [0.4, 0.5) is 5.69 Å². The second-order valence-electron chi connectivity index (χ2n) is 7.90. The Morgan fingerprint density at radius 3 is 2.43 bits per heavy atom. The maximum Gasteiger partial charge on any atom is 0.285 e. The molecule has 4 rings (SSSR count). The molecule has 0 aliphatic carbocycles. The molecule has 6 nitrogen and oxygen atoms in total. The molecule has 1 atom stereocenters. The molecule has 0 radical (unpaired) electrons. The van der Waals surface area contributed by atoms with Crippen LogP contribution in [-0.2, 0) is 10.0 Å². The Hall–Kier alpha value is -2.80. The van der Waals surface area contributed by atoms with Crippen LogP contribution in [0.15, 0.2) is 58.5 Å². The fourth-order valence-corrected chi connectivity index (χ4v) is 5.75. The van der Waals surface area contributed by atoms with Crippen molar-refractivity contribution in [2.24, 2.45) is 4.40 Å². The van der Waals surface area contributed by atoms with Crippen molar-refractivity contribution in [2.75, 3.05) is 31.6 Å². The number of hydrogen-bond acceptors (Lipinski definition) is 5. The van der Waals surface area contributed by atoms with E-state index in [1.807, 2.05) is 6.92 Å². The second-order valence-corrected chi connectivity index (χ2v) is 9.44. The van der Waals surface area contributed by atoms with E-state index in [2.05, 4.69) is 52.3 Å². The number of nitrogens with zero attached hydrogens (tertiary/aromatic N) is 3. The third-order valence-electron chi connectivity index (χ3n) is 5.75. The lowest BCUT2D eigenvalue weighted by atomic mass is 10.1. The zero-order valence-electron chi connectivity index (χ0n) is 17.8. The molecule has 2 aliphatic heterocycles. The number of hydrogen-bond donors (Lipinski definition) is 0. The summed E-state index contributed by atoms with van der Waals surface area (Å²) >= 11 is 0. The SMILES string of the molecule is COc1ccc(C2=C(C)C(N3CCN(c4cccc(C)c4)[C@H](C)C3)=NS2(=O)=O)cc1. The lowest BCUT2D eigenvalue weighted by Gasteiger charge is -2.42. The number of anilines is 1. The minimum atomic E-state index is -3.72. The molecule has 1 saturated heterocycles. The van der Waals surface area contributed by atoms with E-state index in [0.29, 0.717) is 22.7 Å². The third-order valence-corrected chi connectivity index (χ3v) is 7.22. The quantitative estimate of drug-likeness (QED) is 0.751. The van der Waals surface area contributed by atoms with Crippen molar-refractivity contribution in [3.05, 3.63) is 65.2 Å². The first-order chi connectivity index (χ1) is 14.3. The first-order valence-corrected chi connectivity index (χ1v) is 11.5. The van der Waals surface area contributed by atoms with Gasteiger partial charge in [-0.25, -0.2) is 0 Å². The Balaban J connectivity index is 1.59. The molecule has 0 unspecified atom stereocenters. The summed E-state index contributed by atoms with van der Waals surface area (Å²) in [7, 11) is -2.14. The van der Waals surface area contributed by atoms with E-state index in [1.54, 1.807) is 31.4 Å². The molecule has 0 spiro atoms. The highest BCUT2D eigenvalue weighted by Crippen LogP contribution is 2.35. The number of ether oxygens (including phenoxy) is 1. The van der Waals surface area contributed by atoms with Gasteiger partial charge in [-0.2, -0.15) is 8.42 Å². The van der Waals surface area contributed by atoms with E-state index < -0.39 is 10.0 Å². The largest absolute Gasteiger partial charge is 0.497 e. The Kier molecular flexibility index (Phi) is 5.32. The van der Waals surface area contributed by atoms with E-state index >= 15 is 0 Å². The van der Waals surface area contributed by atoms with Crippen molar-refractivity contribution < 1.29 is 13.2 Å². The number of piperazine rings is 1. The zero-order valence-corrected chi connectivity index (χ0v) is 18.6. The number of rotatable bonds is 3. The second kappa shape index (κ2) is 7.80. The first kappa shape index (κ1) is 20.5. The van der Waals surface area contributed by atoms with Gasteiger partial charge in [-0.15, -0.1) is 4.40 Å². The Morgan fingerprint density at radius 2 is 1.80 bits per heavy atom. The van der Waals surface area contributed by atoms with Crippen molar-refractivity contribution in [1.82, 2.24) is 4.90 Å². The van der Waals surface area contributed by atoms with Crippen LogP contribution in [0.5, 0.6) is 5.75 Å². The van der Waals surface area contributed by atoms with Crippen molar-refractivity contribution in [3.63, 3.8) is 0 Å². The minimum absolute atomic E-state index is 0.240. The molecular weight excluding hydrogens is 398 g/mol. The number of amidine groups is 1. The van der Waals surface area contributed by atoms with Crippen molar-refractivity contribution in [3.8, 4) is 5.75 Å². The lowest BCUT2D eigenvalue weighted by molar-refractivity contribution is 0.339. The molecular formula is C23H27N3O3S. The fourth-order valence-electron chi connectivity index (χ4n) is 4.27. The minimum Gasteiger partial charge on any atom is -0.497 e. The predicted molar refractivity (Wildman–Crippen MR) is 122 cm³/mol. The highest BCUT2D eigenvalue weighted by atomic mass is 32.2. The molecule has 2 aliphatic rings. The van der Waals surface area contributed by atoms with E-state index in [4.69, 9.17) is 4.74 Å². The van der Waals surface area contributed by atoms with Crippen LogP contribution >= 0.6 is 0 Å². The lowest BCUT2D eigenvalue weighted by Crippen LogP contribution is -2.53. The maximum absolute atomic E-state index is 12.9. The van der Waals surface area contributed by atoms with Gasteiger partial charge in [0.1, 0.15) is 16.5 Å². The van der Waals surface area contributed by atoms with Crippen LogP contribution < -0.4 is 9.64 Å². The molecule has 0 amide bonds. The van der Waals surface area contributed by atoms with Gasteiger partial charge in [-0.1, -0.05) is 12.1 Å². The van der Waals surface area contributed by atoms with E-state index in [9.17, 15) is 8.42 Å². The summed E-state index contributed by atoms with van der Waals surface area (Å²) in [6.45, 7) is 8.37. The van der Waals surface area contributed by atoms with Gasteiger partial charge in [0.25, 0.3) is 10.0 Å². The standard InChI is InChI=1S/C23H27N3O3S/c1-16-6-5-7-20(14-16)26-13-12-25(15-17(26)2)23-18(3)22(30(27,28)24-23)19-8-10-21(29-4)11-9-19/h5-11,14,17H,12-13,15H2,1-4H3/t17-/m1/s1. The van der Waals surface area contributed by atoms with Crippen LogP contribution in [-0.4, -0.2) is 51.9 Å². The van der Waals surface area contributed by atoms with Crippen LogP contribution in [0.1, 0.15) is 25.0 Å². The van der Waals surface area contributed by atoms with E-state index in [-0.39, 0.29) is 10.9 Å². The average Bonchev–Trinajstić information content (AvgIpc) is 2.96. The summed E-state index contributed by atoms with van der Waals surface area (Å²) in [6.07, 6.45) is 0. The predicted octanol–water partition coefficient (Wildman–Crippen LogP) is 3.69. The number of benzene rings is 2. The smallest absolute Gasteiger partial charge is 0.285 e. The van der Waals surface area contributed by atoms with Crippen LogP contribution in [0.25, 0.3) is 4.91 Å².